The van der Waals surface area contributed by atoms with Gasteiger partial charge in [-0.25, -0.2) is 4.98 Å². The standard InChI is InChI=1S/C13H21N3O/c1-10-9-15(3)7-8-16(10)13-12(11(2)17)5-4-6-14-13/h4-6,10-11,17H,7-9H2,1-3H3/t10?,11-/m0/s1. The van der Waals surface area contributed by atoms with Crippen LogP contribution in [0.15, 0.2) is 18.3 Å². The van der Waals surface area contributed by atoms with Crippen molar-refractivity contribution in [3.63, 3.8) is 0 Å². The number of piperazine rings is 1. The van der Waals surface area contributed by atoms with E-state index in [4.69, 9.17) is 0 Å². The number of aromatic nitrogens is 1. The minimum Gasteiger partial charge on any atom is -0.389 e. The first-order valence-corrected chi connectivity index (χ1v) is 6.17. The molecule has 0 amide bonds. The summed E-state index contributed by atoms with van der Waals surface area (Å²) in [5.74, 6) is 0.933. The van der Waals surface area contributed by atoms with Gasteiger partial charge < -0.3 is 14.9 Å². The zero-order valence-electron chi connectivity index (χ0n) is 10.8. The second-order valence-corrected chi connectivity index (χ2v) is 4.90. The summed E-state index contributed by atoms with van der Waals surface area (Å²) in [5, 5.41) is 9.80. The molecule has 1 aromatic heterocycles. The van der Waals surface area contributed by atoms with Crippen molar-refractivity contribution in [2.24, 2.45) is 0 Å². The third-order valence-corrected chi connectivity index (χ3v) is 3.37. The van der Waals surface area contributed by atoms with Gasteiger partial charge in [0.25, 0.3) is 0 Å². The Balaban J connectivity index is 2.27. The Morgan fingerprint density at radius 3 is 2.88 bits per heavy atom. The van der Waals surface area contributed by atoms with Gasteiger partial charge >= 0.3 is 0 Å². The monoisotopic (exact) mass is 235 g/mol. The van der Waals surface area contributed by atoms with Gasteiger partial charge in [-0.15, -0.1) is 0 Å². The minimum absolute atomic E-state index is 0.432. The van der Waals surface area contributed by atoms with Crippen LogP contribution in [-0.2, 0) is 0 Å². The first-order valence-electron chi connectivity index (χ1n) is 6.17. The Morgan fingerprint density at radius 2 is 2.24 bits per heavy atom. The molecule has 0 spiro atoms. The van der Waals surface area contributed by atoms with Crippen LogP contribution >= 0.6 is 0 Å². The molecule has 4 nitrogen and oxygen atoms in total. The lowest BCUT2D eigenvalue weighted by molar-refractivity contribution is 0.198. The molecule has 0 aromatic carbocycles. The van der Waals surface area contributed by atoms with Crippen LogP contribution < -0.4 is 4.90 Å². The molecule has 1 fully saturated rings. The van der Waals surface area contributed by atoms with E-state index < -0.39 is 6.10 Å². The summed E-state index contributed by atoms with van der Waals surface area (Å²) in [7, 11) is 2.14. The quantitative estimate of drug-likeness (QED) is 0.838. The van der Waals surface area contributed by atoms with Gasteiger partial charge in [0.1, 0.15) is 5.82 Å². The molecule has 2 heterocycles. The van der Waals surface area contributed by atoms with Crippen LogP contribution in [0.2, 0.25) is 0 Å². The second-order valence-electron chi connectivity index (χ2n) is 4.90. The van der Waals surface area contributed by atoms with E-state index in [9.17, 15) is 5.11 Å². The molecule has 17 heavy (non-hydrogen) atoms. The van der Waals surface area contributed by atoms with Crippen molar-refractivity contribution in [2.75, 3.05) is 31.6 Å². The molecular weight excluding hydrogens is 214 g/mol. The number of hydrogen-bond acceptors (Lipinski definition) is 4. The van der Waals surface area contributed by atoms with Crippen LogP contribution in [0.5, 0.6) is 0 Å². The molecule has 1 saturated heterocycles. The number of anilines is 1. The van der Waals surface area contributed by atoms with Gasteiger partial charge in [0.15, 0.2) is 0 Å². The summed E-state index contributed by atoms with van der Waals surface area (Å²) in [5.41, 5.74) is 0.920. The van der Waals surface area contributed by atoms with E-state index in [1.807, 2.05) is 12.1 Å². The van der Waals surface area contributed by atoms with Crippen molar-refractivity contribution in [2.45, 2.75) is 26.0 Å². The molecule has 0 radical (unpaired) electrons. The fraction of sp³-hybridized carbons (Fsp3) is 0.615. The molecule has 4 heteroatoms. The summed E-state index contributed by atoms with van der Waals surface area (Å²) in [4.78, 5) is 9.07. The van der Waals surface area contributed by atoms with E-state index in [0.29, 0.717) is 6.04 Å². The number of hydrogen-bond donors (Lipinski definition) is 1. The van der Waals surface area contributed by atoms with Gasteiger partial charge in [-0.2, -0.15) is 0 Å². The highest BCUT2D eigenvalue weighted by Gasteiger charge is 2.25. The first kappa shape index (κ1) is 12.3. The number of nitrogens with zero attached hydrogens (tertiary/aromatic N) is 3. The summed E-state index contributed by atoms with van der Waals surface area (Å²) >= 11 is 0. The number of aliphatic hydroxyl groups is 1. The van der Waals surface area contributed by atoms with Crippen molar-refractivity contribution >= 4 is 5.82 Å². The van der Waals surface area contributed by atoms with E-state index in [0.717, 1.165) is 31.0 Å². The van der Waals surface area contributed by atoms with Gasteiger partial charge in [0.05, 0.1) is 6.10 Å². The average Bonchev–Trinajstić information content (AvgIpc) is 2.29. The van der Waals surface area contributed by atoms with Gasteiger partial charge in [0.2, 0.25) is 0 Å². The molecule has 2 atom stereocenters. The van der Waals surface area contributed by atoms with Gasteiger partial charge in [-0.05, 0) is 27.0 Å². The molecule has 1 aromatic rings. The van der Waals surface area contributed by atoms with Crippen LogP contribution in [-0.4, -0.2) is 47.7 Å². The van der Waals surface area contributed by atoms with Gasteiger partial charge in [0, 0.05) is 37.4 Å². The fourth-order valence-electron chi connectivity index (χ4n) is 2.43. The number of likely N-dealkylation sites (N-methyl/N-ethyl adjacent to an activating group) is 1. The van der Waals surface area contributed by atoms with E-state index in [1.54, 1.807) is 13.1 Å². The third-order valence-electron chi connectivity index (χ3n) is 3.37. The molecule has 1 N–H and O–H groups in total. The summed E-state index contributed by atoms with van der Waals surface area (Å²) in [6.45, 7) is 7.04. The van der Waals surface area contributed by atoms with Crippen LogP contribution in [0.4, 0.5) is 5.82 Å². The lowest BCUT2D eigenvalue weighted by Gasteiger charge is -2.40. The topological polar surface area (TPSA) is 39.6 Å². The largest absolute Gasteiger partial charge is 0.389 e. The average molecular weight is 235 g/mol. The minimum atomic E-state index is -0.467. The van der Waals surface area contributed by atoms with Gasteiger partial charge in [-0.1, -0.05) is 6.07 Å². The molecule has 0 aliphatic carbocycles. The smallest absolute Gasteiger partial charge is 0.134 e. The number of rotatable bonds is 2. The predicted octanol–water partition coefficient (Wildman–Crippen LogP) is 1.28. The highest BCUT2D eigenvalue weighted by molar-refractivity contribution is 5.49. The fourth-order valence-corrected chi connectivity index (χ4v) is 2.43. The van der Waals surface area contributed by atoms with E-state index in [2.05, 4.69) is 28.8 Å². The molecule has 2 rings (SSSR count). The van der Waals surface area contributed by atoms with Crippen molar-refractivity contribution in [1.29, 1.82) is 0 Å². The van der Waals surface area contributed by atoms with Crippen LogP contribution in [0.3, 0.4) is 0 Å². The Hall–Kier alpha value is -1.13. The highest BCUT2D eigenvalue weighted by Crippen LogP contribution is 2.26. The predicted molar refractivity (Wildman–Crippen MR) is 69.2 cm³/mol. The molecule has 1 unspecified atom stereocenters. The van der Waals surface area contributed by atoms with Crippen molar-refractivity contribution in [3.8, 4) is 0 Å². The highest BCUT2D eigenvalue weighted by atomic mass is 16.3. The van der Waals surface area contributed by atoms with Crippen molar-refractivity contribution in [3.05, 3.63) is 23.9 Å². The first-order chi connectivity index (χ1) is 8.09. The zero-order valence-corrected chi connectivity index (χ0v) is 10.8. The van der Waals surface area contributed by atoms with Gasteiger partial charge in [-0.3, -0.25) is 0 Å². The molecule has 1 aliphatic rings. The number of aliphatic hydroxyl groups excluding tert-OH is 1. The zero-order chi connectivity index (χ0) is 12.4. The molecule has 0 saturated carbocycles. The summed E-state index contributed by atoms with van der Waals surface area (Å²) in [6.07, 6.45) is 1.33. The van der Waals surface area contributed by atoms with E-state index in [1.165, 1.54) is 0 Å². The second kappa shape index (κ2) is 5.02. The summed E-state index contributed by atoms with van der Waals surface area (Å²) in [6, 6.07) is 4.27. The molecular formula is C13H21N3O. The SMILES string of the molecule is CC1CN(C)CCN1c1ncccc1[C@H](C)O. The molecule has 1 aliphatic heterocycles. The maximum absolute atomic E-state index is 9.80. The van der Waals surface area contributed by atoms with E-state index >= 15 is 0 Å². The Kier molecular flexibility index (Phi) is 3.64. The van der Waals surface area contributed by atoms with Crippen LogP contribution in [0.25, 0.3) is 0 Å². The normalized spacial score (nSPS) is 23.8. The van der Waals surface area contributed by atoms with E-state index in [-0.39, 0.29) is 0 Å². The number of pyridine rings is 1. The maximum Gasteiger partial charge on any atom is 0.134 e. The molecule has 94 valence electrons. The van der Waals surface area contributed by atoms with Crippen LogP contribution in [0, 0.1) is 0 Å². The Bertz CT molecular complexity index is 381. The summed E-state index contributed by atoms with van der Waals surface area (Å²) < 4.78 is 0. The van der Waals surface area contributed by atoms with Crippen LogP contribution in [0.1, 0.15) is 25.5 Å². The molecule has 0 bridgehead atoms. The Morgan fingerprint density at radius 1 is 1.47 bits per heavy atom. The lowest BCUT2D eigenvalue weighted by Crippen LogP contribution is -2.51. The van der Waals surface area contributed by atoms with Crippen molar-refractivity contribution < 1.29 is 5.11 Å². The Labute approximate surface area is 103 Å². The van der Waals surface area contributed by atoms with Crippen molar-refractivity contribution in [1.82, 2.24) is 9.88 Å². The lowest BCUT2D eigenvalue weighted by atomic mass is 10.1. The third kappa shape index (κ3) is 2.58. The maximum atomic E-state index is 9.80.